The highest BCUT2D eigenvalue weighted by atomic mass is 16.6. The molecule has 0 fully saturated rings. The number of ether oxygens (including phenoxy) is 2. The van der Waals surface area contributed by atoms with Gasteiger partial charge >= 0.3 is 12.1 Å². The molecule has 2 unspecified atom stereocenters. The minimum atomic E-state index is -1.30. The summed E-state index contributed by atoms with van der Waals surface area (Å²) in [7, 11) is 0. The molecule has 3 N–H and O–H groups in total. The molecular formula is C32H45N3O7. The van der Waals surface area contributed by atoms with Gasteiger partial charge in [-0.25, -0.2) is 9.59 Å². The summed E-state index contributed by atoms with van der Waals surface area (Å²) in [6.45, 7) is 12.0. The van der Waals surface area contributed by atoms with Crippen LogP contribution in [0, 0.1) is 0 Å². The Kier molecular flexibility index (Phi) is 12.4. The zero-order valence-corrected chi connectivity index (χ0v) is 25.7. The van der Waals surface area contributed by atoms with Gasteiger partial charge in [-0.15, -0.1) is 0 Å². The lowest BCUT2D eigenvalue weighted by Crippen LogP contribution is -2.52. The number of unbranched alkanes of at least 4 members (excludes halogenated alkanes) is 1. The Labute approximate surface area is 248 Å². The minimum absolute atomic E-state index is 0.151. The van der Waals surface area contributed by atoms with E-state index < -0.39 is 53.7 Å². The van der Waals surface area contributed by atoms with Gasteiger partial charge in [0.1, 0.15) is 35.6 Å². The molecule has 230 valence electrons. The maximum Gasteiger partial charge on any atom is 0.408 e. The molecule has 0 saturated heterocycles. The lowest BCUT2D eigenvalue weighted by atomic mass is 10.00. The topological polar surface area (TPSA) is 134 Å². The Hall–Kier alpha value is -4.08. The van der Waals surface area contributed by atoms with Crippen LogP contribution in [0.25, 0.3) is 0 Å². The largest absolute Gasteiger partial charge is 0.508 e. The third-order valence-electron chi connectivity index (χ3n) is 5.94. The fraction of sp³-hybridized carbons (Fsp3) is 0.500. The monoisotopic (exact) mass is 583 g/mol. The third kappa shape index (κ3) is 11.4. The highest BCUT2D eigenvalue weighted by Crippen LogP contribution is 2.30. The first-order valence-corrected chi connectivity index (χ1v) is 14.2. The van der Waals surface area contributed by atoms with E-state index >= 15 is 0 Å². The summed E-state index contributed by atoms with van der Waals surface area (Å²) >= 11 is 0. The van der Waals surface area contributed by atoms with Crippen molar-refractivity contribution < 1.29 is 33.8 Å². The molecule has 0 spiro atoms. The zero-order chi connectivity index (χ0) is 31.5. The second kappa shape index (κ2) is 15.2. The lowest BCUT2D eigenvalue weighted by Gasteiger charge is -2.33. The summed E-state index contributed by atoms with van der Waals surface area (Å²) in [4.78, 5) is 54.4. The van der Waals surface area contributed by atoms with E-state index in [1.54, 1.807) is 59.7 Å². The van der Waals surface area contributed by atoms with Crippen LogP contribution in [-0.2, 0) is 30.3 Å². The van der Waals surface area contributed by atoms with Crippen molar-refractivity contribution >= 4 is 23.9 Å². The normalized spacial score (nSPS) is 12.9. The van der Waals surface area contributed by atoms with Gasteiger partial charge in [-0.1, -0.05) is 61.9 Å². The molecule has 0 saturated carbocycles. The van der Waals surface area contributed by atoms with Gasteiger partial charge in [0.05, 0.1) is 0 Å². The van der Waals surface area contributed by atoms with E-state index in [0.717, 1.165) is 5.56 Å². The molecule has 42 heavy (non-hydrogen) atoms. The molecule has 0 radical (unpaired) electrons. The van der Waals surface area contributed by atoms with Crippen LogP contribution in [0.1, 0.15) is 78.5 Å². The standard InChI is InChI=1S/C32H45N3O7/c1-8-9-19-35(26(37)21-33-30(40)42-32(5,6)7)27(23-17-13-14-18-25(23)36)28(38)34-24(29(39)41-31(2,3)4)20-22-15-11-10-12-16-22/h10-18,24,27,36H,8-9,19-21H2,1-7H3,(H,33,40)(H,34,38). The first-order valence-electron chi connectivity index (χ1n) is 14.2. The van der Waals surface area contributed by atoms with E-state index in [-0.39, 0.29) is 24.3 Å². The lowest BCUT2D eigenvalue weighted by molar-refractivity contribution is -0.159. The number of hydrogen-bond acceptors (Lipinski definition) is 7. The number of carbonyl (C=O) groups is 4. The smallest absolute Gasteiger partial charge is 0.408 e. The number of rotatable bonds is 12. The van der Waals surface area contributed by atoms with Crippen molar-refractivity contribution in [3.8, 4) is 5.75 Å². The highest BCUT2D eigenvalue weighted by Gasteiger charge is 2.36. The van der Waals surface area contributed by atoms with E-state index in [4.69, 9.17) is 9.47 Å². The van der Waals surface area contributed by atoms with Gasteiger partial charge in [-0.2, -0.15) is 0 Å². The first kappa shape index (κ1) is 34.1. The number of phenolic OH excluding ortho intramolecular Hbond substituents is 1. The molecule has 0 aliphatic carbocycles. The van der Waals surface area contributed by atoms with Gasteiger partial charge in [0.15, 0.2) is 0 Å². The fourth-order valence-electron chi connectivity index (χ4n) is 4.13. The van der Waals surface area contributed by atoms with Crippen LogP contribution in [0.5, 0.6) is 5.75 Å². The molecule has 10 nitrogen and oxygen atoms in total. The fourth-order valence-corrected chi connectivity index (χ4v) is 4.13. The number of nitrogens with one attached hydrogen (secondary N) is 2. The maximum absolute atomic E-state index is 14.1. The Morgan fingerprint density at radius 3 is 2.05 bits per heavy atom. The van der Waals surface area contributed by atoms with Crippen LogP contribution < -0.4 is 10.6 Å². The molecule has 0 aliphatic rings. The van der Waals surface area contributed by atoms with Gasteiger partial charge in [-0.05, 0) is 59.6 Å². The Morgan fingerprint density at radius 2 is 1.48 bits per heavy atom. The van der Waals surface area contributed by atoms with Gasteiger partial charge in [-0.3, -0.25) is 9.59 Å². The Bertz CT molecular complexity index is 1200. The number of esters is 1. The molecule has 2 atom stereocenters. The molecule has 0 heterocycles. The van der Waals surface area contributed by atoms with Crippen LogP contribution in [0.3, 0.4) is 0 Å². The summed E-state index contributed by atoms with van der Waals surface area (Å²) in [6.07, 6.45) is 0.641. The van der Waals surface area contributed by atoms with Crippen LogP contribution in [0.2, 0.25) is 0 Å². The molecule has 10 heteroatoms. The quantitative estimate of drug-likeness (QED) is 0.310. The zero-order valence-electron chi connectivity index (χ0n) is 25.7. The van der Waals surface area contributed by atoms with Crippen LogP contribution in [0.15, 0.2) is 54.6 Å². The van der Waals surface area contributed by atoms with Crippen molar-refractivity contribution in [1.29, 1.82) is 0 Å². The molecule has 3 amide bonds. The highest BCUT2D eigenvalue weighted by molar-refractivity contribution is 5.93. The van der Waals surface area contributed by atoms with E-state index in [0.29, 0.717) is 12.8 Å². The predicted molar refractivity (Wildman–Crippen MR) is 160 cm³/mol. The number of nitrogens with zero attached hydrogens (tertiary/aromatic N) is 1. The molecule has 0 bridgehead atoms. The SMILES string of the molecule is CCCCN(C(=O)CNC(=O)OC(C)(C)C)C(C(=O)NC(Cc1ccccc1)C(=O)OC(C)(C)C)c1ccccc1O. The first-order chi connectivity index (χ1) is 19.6. The summed E-state index contributed by atoms with van der Waals surface area (Å²) in [6, 6.07) is 13.0. The molecule has 0 aromatic heterocycles. The van der Waals surface area contributed by atoms with Crippen molar-refractivity contribution in [2.45, 2.75) is 91.0 Å². The van der Waals surface area contributed by atoms with E-state index in [1.807, 2.05) is 37.3 Å². The molecule has 2 aromatic rings. The van der Waals surface area contributed by atoms with Crippen LogP contribution >= 0.6 is 0 Å². The number of hydrogen-bond donors (Lipinski definition) is 3. The molecule has 0 aliphatic heterocycles. The number of carbonyl (C=O) groups excluding carboxylic acids is 4. The van der Waals surface area contributed by atoms with E-state index in [2.05, 4.69) is 10.6 Å². The summed E-state index contributed by atoms with van der Waals surface area (Å²) < 4.78 is 10.9. The van der Waals surface area contributed by atoms with Gasteiger partial charge in [0.2, 0.25) is 11.8 Å². The minimum Gasteiger partial charge on any atom is -0.508 e. The van der Waals surface area contributed by atoms with Gasteiger partial charge in [0.25, 0.3) is 0 Å². The van der Waals surface area contributed by atoms with Crippen molar-refractivity contribution in [3.63, 3.8) is 0 Å². The van der Waals surface area contributed by atoms with Crippen molar-refractivity contribution in [1.82, 2.24) is 15.5 Å². The Balaban J connectivity index is 2.46. The van der Waals surface area contributed by atoms with Crippen molar-refractivity contribution in [2.24, 2.45) is 0 Å². The Morgan fingerprint density at radius 1 is 0.881 bits per heavy atom. The van der Waals surface area contributed by atoms with E-state index in [9.17, 15) is 24.3 Å². The summed E-state index contributed by atoms with van der Waals surface area (Å²) in [5.41, 5.74) is -0.583. The number of amides is 3. The molecule has 2 rings (SSSR count). The second-order valence-corrected chi connectivity index (χ2v) is 12.0. The number of aromatic hydroxyl groups is 1. The van der Waals surface area contributed by atoms with E-state index in [1.165, 1.54) is 11.0 Å². The third-order valence-corrected chi connectivity index (χ3v) is 5.94. The van der Waals surface area contributed by atoms with Crippen LogP contribution in [0.4, 0.5) is 4.79 Å². The molecular weight excluding hydrogens is 538 g/mol. The van der Waals surface area contributed by atoms with Gasteiger partial charge in [0, 0.05) is 18.5 Å². The van der Waals surface area contributed by atoms with Crippen molar-refractivity contribution in [2.75, 3.05) is 13.1 Å². The van der Waals surface area contributed by atoms with Crippen molar-refractivity contribution in [3.05, 3.63) is 65.7 Å². The average Bonchev–Trinajstić information content (AvgIpc) is 2.88. The summed E-state index contributed by atoms with van der Waals surface area (Å²) in [5, 5.41) is 16.0. The number of phenols is 1. The average molecular weight is 584 g/mol. The number of benzene rings is 2. The summed E-state index contributed by atoms with van der Waals surface area (Å²) in [5.74, 6) is -2.06. The number of alkyl carbamates (subject to hydrolysis) is 1. The second-order valence-electron chi connectivity index (χ2n) is 12.0. The maximum atomic E-state index is 14.1. The van der Waals surface area contributed by atoms with Crippen LogP contribution in [-0.4, -0.2) is 64.2 Å². The van der Waals surface area contributed by atoms with Gasteiger partial charge < -0.3 is 30.1 Å². The predicted octanol–water partition coefficient (Wildman–Crippen LogP) is 4.66. The number of para-hydroxylation sites is 1. The molecule has 2 aromatic carbocycles.